The van der Waals surface area contributed by atoms with Crippen LogP contribution in [0.25, 0.3) is 11.1 Å². The molecule has 28 heavy (non-hydrogen) atoms. The molecule has 3 aromatic rings. The molecular formula is C19H14Cl2F3N3O. The van der Waals surface area contributed by atoms with Crippen molar-refractivity contribution in [2.75, 3.05) is 5.32 Å². The van der Waals surface area contributed by atoms with E-state index in [0.29, 0.717) is 22.7 Å². The second-order valence-corrected chi connectivity index (χ2v) is 6.67. The molecule has 1 amide bonds. The molecule has 2 aromatic carbocycles. The number of halogens is 5. The molecule has 9 heteroatoms. The average molecular weight is 428 g/mol. The van der Waals surface area contributed by atoms with Gasteiger partial charge in [-0.3, -0.25) is 9.48 Å². The van der Waals surface area contributed by atoms with Gasteiger partial charge in [0.25, 0.3) is 12.3 Å². The van der Waals surface area contributed by atoms with Crippen molar-refractivity contribution in [3.05, 3.63) is 69.7 Å². The van der Waals surface area contributed by atoms with E-state index < -0.39 is 23.8 Å². The molecule has 0 spiro atoms. The number of hydrogen-bond donors (Lipinski definition) is 1. The van der Waals surface area contributed by atoms with Crippen LogP contribution in [0.2, 0.25) is 10.0 Å². The first-order chi connectivity index (χ1) is 13.3. The highest BCUT2D eigenvalue weighted by Gasteiger charge is 2.24. The van der Waals surface area contributed by atoms with Crippen LogP contribution in [-0.4, -0.2) is 15.7 Å². The van der Waals surface area contributed by atoms with Crippen LogP contribution in [0, 0.1) is 5.82 Å². The van der Waals surface area contributed by atoms with Gasteiger partial charge in [-0.05, 0) is 42.8 Å². The Morgan fingerprint density at radius 3 is 2.57 bits per heavy atom. The summed E-state index contributed by atoms with van der Waals surface area (Å²) >= 11 is 11.9. The van der Waals surface area contributed by atoms with E-state index in [-0.39, 0.29) is 16.3 Å². The normalized spacial score (nSPS) is 11.1. The lowest BCUT2D eigenvalue weighted by molar-refractivity contribution is 0.101. The van der Waals surface area contributed by atoms with Gasteiger partial charge in [0, 0.05) is 24.0 Å². The molecular weight excluding hydrogens is 414 g/mol. The lowest BCUT2D eigenvalue weighted by Crippen LogP contribution is -2.14. The zero-order valence-electron chi connectivity index (χ0n) is 14.5. The number of carbonyl (C=O) groups is 1. The fourth-order valence-electron chi connectivity index (χ4n) is 2.65. The maximum Gasteiger partial charge on any atom is 0.282 e. The monoisotopic (exact) mass is 427 g/mol. The third-order valence-electron chi connectivity index (χ3n) is 4.03. The van der Waals surface area contributed by atoms with Gasteiger partial charge < -0.3 is 5.32 Å². The van der Waals surface area contributed by atoms with Crippen LogP contribution < -0.4 is 5.32 Å². The molecule has 0 radical (unpaired) electrons. The fourth-order valence-corrected chi connectivity index (χ4v) is 2.95. The van der Waals surface area contributed by atoms with Crippen LogP contribution in [0.15, 0.2) is 42.6 Å². The molecule has 0 fully saturated rings. The third-order valence-corrected chi connectivity index (χ3v) is 4.77. The highest BCUT2D eigenvalue weighted by molar-refractivity contribution is 6.42. The number of nitrogens with one attached hydrogen (secondary N) is 1. The Bertz CT molecular complexity index is 1040. The van der Waals surface area contributed by atoms with E-state index in [9.17, 15) is 18.0 Å². The second-order valence-electron chi connectivity index (χ2n) is 5.86. The summed E-state index contributed by atoms with van der Waals surface area (Å²) in [5, 5.41) is 6.85. The molecule has 4 nitrogen and oxygen atoms in total. The van der Waals surface area contributed by atoms with E-state index in [2.05, 4.69) is 10.4 Å². The first-order valence-electron chi connectivity index (χ1n) is 8.22. The van der Waals surface area contributed by atoms with E-state index in [0.717, 1.165) is 6.07 Å². The highest BCUT2D eigenvalue weighted by Crippen LogP contribution is 2.34. The number of anilines is 1. The predicted molar refractivity (Wildman–Crippen MR) is 103 cm³/mol. The minimum Gasteiger partial charge on any atom is -0.321 e. The summed E-state index contributed by atoms with van der Waals surface area (Å²) in [6.45, 7) is 2.05. The van der Waals surface area contributed by atoms with Crippen molar-refractivity contribution in [3.8, 4) is 11.1 Å². The van der Waals surface area contributed by atoms with Crippen LogP contribution in [0.5, 0.6) is 0 Å². The van der Waals surface area contributed by atoms with Gasteiger partial charge in [-0.2, -0.15) is 5.10 Å². The number of alkyl halides is 2. The molecule has 0 aliphatic carbocycles. The Morgan fingerprint density at radius 2 is 1.93 bits per heavy atom. The van der Waals surface area contributed by atoms with Crippen LogP contribution >= 0.6 is 23.2 Å². The van der Waals surface area contributed by atoms with Gasteiger partial charge in [0.15, 0.2) is 0 Å². The van der Waals surface area contributed by atoms with Crippen molar-refractivity contribution >= 4 is 34.8 Å². The van der Waals surface area contributed by atoms with Gasteiger partial charge >= 0.3 is 0 Å². The standard InChI is InChI=1S/C19H14Cl2F3N3O/c1-2-27-9-13(17(26-27)18(23)24)19(28)25-16-6-4-11(22)8-12(16)10-3-5-14(20)15(21)7-10/h3-9,18H,2H2,1H3,(H,25,28). The van der Waals surface area contributed by atoms with Gasteiger partial charge in [-0.15, -0.1) is 0 Å². The molecule has 146 valence electrons. The van der Waals surface area contributed by atoms with Crippen molar-refractivity contribution < 1.29 is 18.0 Å². The second kappa shape index (κ2) is 8.24. The summed E-state index contributed by atoms with van der Waals surface area (Å²) < 4.78 is 41.5. The summed E-state index contributed by atoms with van der Waals surface area (Å²) in [6, 6.07) is 8.37. The SMILES string of the molecule is CCn1cc(C(=O)Nc2ccc(F)cc2-c2ccc(Cl)c(Cl)c2)c(C(F)F)n1. The van der Waals surface area contributed by atoms with Crippen LogP contribution in [0.4, 0.5) is 18.9 Å². The molecule has 1 N–H and O–H groups in total. The summed E-state index contributed by atoms with van der Waals surface area (Å²) in [7, 11) is 0. The molecule has 0 aliphatic heterocycles. The highest BCUT2D eigenvalue weighted by atomic mass is 35.5. The lowest BCUT2D eigenvalue weighted by atomic mass is 10.0. The zero-order chi connectivity index (χ0) is 20.4. The van der Waals surface area contributed by atoms with E-state index in [1.807, 2.05) is 0 Å². The topological polar surface area (TPSA) is 46.9 Å². The number of carbonyl (C=O) groups excluding carboxylic acids is 1. The zero-order valence-corrected chi connectivity index (χ0v) is 16.0. The van der Waals surface area contributed by atoms with Crippen molar-refractivity contribution in [3.63, 3.8) is 0 Å². The summed E-state index contributed by atoms with van der Waals surface area (Å²) in [6.07, 6.45) is -1.66. The number of amides is 1. The minimum atomic E-state index is -2.91. The van der Waals surface area contributed by atoms with Crippen molar-refractivity contribution in [1.82, 2.24) is 9.78 Å². The summed E-state index contributed by atoms with van der Waals surface area (Å²) in [5.74, 6) is -1.31. The summed E-state index contributed by atoms with van der Waals surface area (Å²) in [5.41, 5.74) is 0.198. The summed E-state index contributed by atoms with van der Waals surface area (Å²) in [4.78, 5) is 12.6. The molecule has 0 atom stereocenters. The average Bonchev–Trinajstić information content (AvgIpc) is 3.10. The quantitative estimate of drug-likeness (QED) is 0.526. The van der Waals surface area contributed by atoms with E-state index in [4.69, 9.17) is 23.2 Å². The van der Waals surface area contributed by atoms with Crippen molar-refractivity contribution in [2.45, 2.75) is 19.9 Å². The molecule has 0 aliphatic rings. The minimum absolute atomic E-state index is 0.231. The molecule has 1 aromatic heterocycles. The van der Waals surface area contributed by atoms with E-state index >= 15 is 0 Å². The van der Waals surface area contributed by atoms with Crippen molar-refractivity contribution in [2.24, 2.45) is 0 Å². The Hall–Kier alpha value is -2.51. The van der Waals surface area contributed by atoms with Crippen LogP contribution in [-0.2, 0) is 6.54 Å². The van der Waals surface area contributed by atoms with Crippen LogP contribution in [0.1, 0.15) is 29.4 Å². The largest absolute Gasteiger partial charge is 0.321 e. The van der Waals surface area contributed by atoms with Gasteiger partial charge in [0.05, 0.1) is 15.6 Å². The van der Waals surface area contributed by atoms with E-state index in [1.165, 1.54) is 35.1 Å². The van der Waals surface area contributed by atoms with Gasteiger partial charge in [0.2, 0.25) is 0 Å². The molecule has 0 saturated carbocycles. The van der Waals surface area contributed by atoms with Gasteiger partial charge in [0.1, 0.15) is 11.5 Å². The molecule has 0 saturated heterocycles. The Kier molecular flexibility index (Phi) is 5.96. The first-order valence-corrected chi connectivity index (χ1v) is 8.97. The number of aryl methyl sites for hydroxylation is 1. The van der Waals surface area contributed by atoms with Crippen molar-refractivity contribution in [1.29, 1.82) is 0 Å². The third kappa shape index (κ3) is 4.15. The number of rotatable bonds is 5. The number of nitrogens with zero attached hydrogens (tertiary/aromatic N) is 2. The molecule has 3 rings (SSSR count). The Labute approximate surface area is 168 Å². The maximum absolute atomic E-state index is 13.8. The lowest BCUT2D eigenvalue weighted by Gasteiger charge is -2.12. The molecule has 0 unspecified atom stereocenters. The number of hydrogen-bond acceptors (Lipinski definition) is 2. The van der Waals surface area contributed by atoms with E-state index in [1.54, 1.807) is 13.0 Å². The Morgan fingerprint density at radius 1 is 1.18 bits per heavy atom. The first kappa shape index (κ1) is 20.2. The maximum atomic E-state index is 13.8. The molecule has 1 heterocycles. The Balaban J connectivity index is 2.00. The number of aromatic nitrogens is 2. The van der Waals surface area contributed by atoms with Gasteiger partial charge in [-0.25, -0.2) is 13.2 Å². The molecule has 0 bridgehead atoms. The predicted octanol–water partition coefficient (Wildman–Crippen LogP) is 6.21. The number of benzene rings is 2. The smallest absolute Gasteiger partial charge is 0.282 e. The van der Waals surface area contributed by atoms with Crippen LogP contribution in [0.3, 0.4) is 0 Å². The fraction of sp³-hybridized carbons (Fsp3) is 0.158. The van der Waals surface area contributed by atoms with Gasteiger partial charge in [-0.1, -0.05) is 29.3 Å².